The smallest absolute Gasteiger partial charge is 0.308 e. The van der Waals surface area contributed by atoms with Crippen LogP contribution in [0.25, 0.3) is 11.4 Å². The Morgan fingerprint density at radius 1 is 1.24 bits per heavy atom. The van der Waals surface area contributed by atoms with Gasteiger partial charge in [-0.2, -0.15) is 14.9 Å². The molecule has 0 aliphatic heterocycles. The van der Waals surface area contributed by atoms with Crippen LogP contribution in [0.5, 0.6) is 17.2 Å². The van der Waals surface area contributed by atoms with E-state index in [-0.39, 0.29) is 0 Å². The number of hydrogen-bond acceptors (Lipinski definition) is 7. The Bertz CT molecular complexity index is 1100. The molecule has 9 heteroatoms. The molecule has 0 amide bonds. The van der Waals surface area contributed by atoms with E-state index < -0.39 is 5.97 Å². The van der Waals surface area contributed by atoms with E-state index in [2.05, 4.69) is 15.3 Å². The van der Waals surface area contributed by atoms with Crippen molar-refractivity contribution in [1.82, 2.24) is 14.9 Å². The predicted molar refractivity (Wildman–Crippen MR) is 111 cm³/mol. The zero-order valence-electron chi connectivity index (χ0n) is 16.2. The molecule has 0 saturated carbocycles. The van der Waals surface area contributed by atoms with Crippen LogP contribution >= 0.6 is 12.2 Å². The molecule has 1 N–H and O–H groups in total. The summed E-state index contributed by atoms with van der Waals surface area (Å²) >= 11 is 5.32. The van der Waals surface area contributed by atoms with Crippen LogP contribution < -0.4 is 14.2 Å². The van der Waals surface area contributed by atoms with Gasteiger partial charge in [-0.15, -0.1) is 0 Å². The van der Waals surface area contributed by atoms with E-state index in [1.807, 2.05) is 31.2 Å². The summed E-state index contributed by atoms with van der Waals surface area (Å²) in [5, 5.41) is 11.5. The summed E-state index contributed by atoms with van der Waals surface area (Å²) in [6, 6.07) is 12.6. The Kier molecular flexibility index (Phi) is 6.40. The fraction of sp³-hybridized carbons (Fsp3) is 0.200. The number of carbonyl (C=O) groups excluding carboxylic acids is 1. The molecule has 0 bridgehead atoms. The number of aromatic amines is 1. The van der Waals surface area contributed by atoms with E-state index in [0.717, 1.165) is 11.1 Å². The average Bonchev–Trinajstić information content (AvgIpc) is 3.07. The number of methoxy groups -OCH3 is 1. The lowest BCUT2D eigenvalue weighted by Crippen LogP contribution is -2.03. The average molecular weight is 412 g/mol. The predicted octanol–water partition coefficient (Wildman–Crippen LogP) is 3.82. The number of carbonyl (C=O) groups is 1. The first kappa shape index (κ1) is 20.3. The SMILES string of the molecule is CCOc1ccccc1-c1n[nH]c(=S)n1/N=C\c1ccc(OC(C)=O)c(OC)c1. The minimum absolute atomic E-state index is 0.336. The Balaban J connectivity index is 1.96. The molecule has 1 aromatic heterocycles. The van der Waals surface area contributed by atoms with Crippen molar-refractivity contribution in [3.05, 3.63) is 52.8 Å². The van der Waals surface area contributed by atoms with Crippen molar-refractivity contribution < 1.29 is 19.0 Å². The summed E-state index contributed by atoms with van der Waals surface area (Å²) in [5.74, 6) is 1.55. The quantitative estimate of drug-likeness (QED) is 0.275. The third kappa shape index (κ3) is 4.69. The van der Waals surface area contributed by atoms with Gasteiger partial charge in [0.2, 0.25) is 4.77 Å². The summed E-state index contributed by atoms with van der Waals surface area (Å²) in [7, 11) is 1.50. The van der Waals surface area contributed by atoms with Gasteiger partial charge in [0.15, 0.2) is 17.3 Å². The highest BCUT2D eigenvalue weighted by Gasteiger charge is 2.13. The zero-order valence-corrected chi connectivity index (χ0v) is 17.0. The van der Waals surface area contributed by atoms with Gasteiger partial charge in [0.05, 0.1) is 25.5 Å². The molecule has 0 atom stereocenters. The normalized spacial score (nSPS) is 10.9. The molecule has 0 unspecified atom stereocenters. The molecular weight excluding hydrogens is 392 g/mol. The first-order chi connectivity index (χ1) is 14.0. The van der Waals surface area contributed by atoms with Gasteiger partial charge in [-0.25, -0.2) is 5.10 Å². The molecule has 1 heterocycles. The Morgan fingerprint density at radius 2 is 2.03 bits per heavy atom. The van der Waals surface area contributed by atoms with Gasteiger partial charge >= 0.3 is 5.97 Å². The van der Waals surface area contributed by atoms with E-state index >= 15 is 0 Å². The fourth-order valence-corrected chi connectivity index (χ4v) is 2.81. The second kappa shape index (κ2) is 9.16. The minimum atomic E-state index is -0.424. The van der Waals surface area contributed by atoms with Crippen molar-refractivity contribution in [2.24, 2.45) is 5.10 Å². The lowest BCUT2D eigenvalue weighted by atomic mass is 10.2. The van der Waals surface area contributed by atoms with Crippen molar-refractivity contribution in [3.63, 3.8) is 0 Å². The Labute approximate surface area is 172 Å². The molecule has 3 rings (SSSR count). The number of H-pyrrole nitrogens is 1. The maximum Gasteiger partial charge on any atom is 0.308 e. The molecule has 8 nitrogen and oxygen atoms in total. The van der Waals surface area contributed by atoms with Crippen LogP contribution in [0.1, 0.15) is 19.4 Å². The third-order valence-electron chi connectivity index (χ3n) is 3.84. The van der Waals surface area contributed by atoms with Crippen LogP contribution in [0, 0.1) is 4.77 Å². The number of rotatable bonds is 7. The van der Waals surface area contributed by atoms with Crippen LogP contribution in [-0.4, -0.2) is 40.8 Å². The molecule has 0 spiro atoms. The first-order valence-electron chi connectivity index (χ1n) is 8.84. The monoisotopic (exact) mass is 412 g/mol. The number of ether oxygens (including phenoxy) is 3. The minimum Gasteiger partial charge on any atom is -0.493 e. The molecule has 0 aliphatic rings. The van der Waals surface area contributed by atoms with E-state index in [1.54, 1.807) is 24.4 Å². The molecule has 0 radical (unpaired) electrons. The maximum atomic E-state index is 11.2. The van der Waals surface area contributed by atoms with Crippen LogP contribution in [0.2, 0.25) is 0 Å². The van der Waals surface area contributed by atoms with Gasteiger partial charge in [-0.3, -0.25) is 4.79 Å². The third-order valence-corrected chi connectivity index (χ3v) is 4.11. The van der Waals surface area contributed by atoms with Crippen molar-refractivity contribution in [3.8, 4) is 28.6 Å². The van der Waals surface area contributed by atoms with E-state index in [4.69, 9.17) is 26.4 Å². The second-order valence-electron chi connectivity index (χ2n) is 5.84. The molecule has 0 saturated heterocycles. The fourth-order valence-electron chi connectivity index (χ4n) is 2.63. The van der Waals surface area contributed by atoms with Crippen molar-refractivity contribution >= 4 is 24.4 Å². The summed E-state index contributed by atoms with van der Waals surface area (Å²) < 4.78 is 17.9. The summed E-state index contributed by atoms with van der Waals surface area (Å²) in [6.45, 7) is 3.77. The molecular formula is C20H20N4O4S. The number of nitrogens with zero attached hydrogens (tertiary/aromatic N) is 3. The Morgan fingerprint density at radius 3 is 2.76 bits per heavy atom. The molecule has 29 heavy (non-hydrogen) atoms. The first-order valence-corrected chi connectivity index (χ1v) is 9.24. The van der Waals surface area contributed by atoms with Crippen molar-refractivity contribution in [2.45, 2.75) is 13.8 Å². The highest BCUT2D eigenvalue weighted by Crippen LogP contribution is 2.29. The van der Waals surface area contributed by atoms with Crippen LogP contribution in [0.3, 0.4) is 0 Å². The van der Waals surface area contributed by atoms with Gasteiger partial charge in [0.25, 0.3) is 0 Å². The number of para-hydroxylation sites is 1. The molecule has 0 aliphatic carbocycles. The van der Waals surface area contributed by atoms with Gasteiger partial charge < -0.3 is 14.2 Å². The molecule has 0 fully saturated rings. The summed E-state index contributed by atoms with van der Waals surface area (Å²) in [6.07, 6.45) is 1.61. The van der Waals surface area contributed by atoms with Gasteiger partial charge in [-0.05, 0) is 55.0 Å². The lowest BCUT2D eigenvalue weighted by Gasteiger charge is -2.09. The largest absolute Gasteiger partial charge is 0.493 e. The van der Waals surface area contributed by atoms with Gasteiger partial charge in [0, 0.05) is 6.92 Å². The molecule has 150 valence electrons. The zero-order chi connectivity index (χ0) is 20.8. The van der Waals surface area contributed by atoms with E-state index in [9.17, 15) is 4.79 Å². The number of esters is 1. The number of nitrogens with one attached hydrogen (secondary N) is 1. The van der Waals surface area contributed by atoms with Gasteiger partial charge in [0.1, 0.15) is 5.75 Å². The number of aromatic nitrogens is 3. The van der Waals surface area contributed by atoms with E-state index in [1.165, 1.54) is 18.7 Å². The van der Waals surface area contributed by atoms with Crippen molar-refractivity contribution in [1.29, 1.82) is 0 Å². The van der Waals surface area contributed by atoms with Crippen LogP contribution in [-0.2, 0) is 4.79 Å². The van der Waals surface area contributed by atoms with E-state index in [0.29, 0.717) is 34.5 Å². The number of hydrogen-bond donors (Lipinski definition) is 1. The topological polar surface area (TPSA) is 90.7 Å². The highest BCUT2D eigenvalue weighted by atomic mass is 32.1. The standard InChI is InChI=1S/C20H20N4O4S/c1-4-27-16-8-6-5-7-15(16)19-22-23-20(29)24(19)21-12-14-9-10-17(28-13(2)25)18(11-14)26-3/h5-12H,4H2,1-3H3,(H,23,29)/b21-12-. The molecule has 2 aromatic carbocycles. The summed E-state index contributed by atoms with van der Waals surface area (Å²) in [4.78, 5) is 11.2. The number of benzene rings is 2. The maximum absolute atomic E-state index is 11.2. The van der Waals surface area contributed by atoms with Crippen LogP contribution in [0.15, 0.2) is 47.6 Å². The van der Waals surface area contributed by atoms with Crippen molar-refractivity contribution in [2.75, 3.05) is 13.7 Å². The Hall–Kier alpha value is -3.46. The summed E-state index contributed by atoms with van der Waals surface area (Å²) in [5.41, 5.74) is 1.49. The highest BCUT2D eigenvalue weighted by molar-refractivity contribution is 7.71. The van der Waals surface area contributed by atoms with Crippen LogP contribution in [0.4, 0.5) is 0 Å². The lowest BCUT2D eigenvalue weighted by molar-refractivity contribution is -0.132. The molecule has 3 aromatic rings. The second-order valence-corrected chi connectivity index (χ2v) is 6.23. The van der Waals surface area contributed by atoms with Gasteiger partial charge in [-0.1, -0.05) is 12.1 Å².